The van der Waals surface area contributed by atoms with Crippen molar-refractivity contribution in [2.45, 2.75) is 52.2 Å². The van der Waals surface area contributed by atoms with Gasteiger partial charge in [0, 0.05) is 31.7 Å². The lowest BCUT2D eigenvalue weighted by Crippen LogP contribution is -2.38. The smallest absolute Gasteiger partial charge is 0.0719 e. The Labute approximate surface area is 128 Å². The normalized spacial score (nSPS) is 17.8. The summed E-state index contributed by atoms with van der Waals surface area (Å²) in [6.07, 6.45) is 6.12. The van der Waals surface area contributed by atoms with Crippen molar-refractivity contribution in [2.24, 2.45) is 5.41 Å². The molecule has 3 heteroatoms. The van der Waals surface area contributed by atoms with Crippen LogP contribution in [0.3, 0.4) is 0 Å². The largest absolute Gasteiger partial charge is 0.396 e. The van der Waals surface area contributed by atoms with Crippen LogP contribution in [0.4, 0.5) is 0 Å². The predicted molar refractivity (Wildman–Crippen MR) is 86.1 cm³/mol. The Bertz CT molecular complexity index is 413. The minimum absolute atomic E-state index is 0.104. The van der Waals surface area contributed by atoms with E-state index in [1.165, 1.54) is 30.4 Å². The van der Waals surface area contributed by atoms with Gasteiger partial charge in [0.25, 0.3) is 0 Å². The van der Waals surface area contributed by atoms with Crippen LogP contribution in [0, 0.1) is 5.41 Å². The third-order valence-electron chi connectivity index (χ3n) is 4.65. The van der Waals surface area contributed by atoms with E-state index in [2.05, 4.69) is 29.6 Å². The molecule has 0 aromatic heterocycles. The molecule has 118 valence electrons. The van der Waals surface area contributed by atoms with Crippen molar-refractivity contribution >= 4 is 0 Å². The lowest BCUT2D eigenvalue weighted by atomic mass is 9.74. The van der Waals surface area contributed by atoms with Gasteiger partial charge in [-0.05, 0) is 30.9 Å². The summed E-state index contributed by atoms with van der Waals surface area (Å²) in [4.78, 5) is 0. The topological polar surface area (TPSA) is 41.5 Å². The lowest BCUT2D eigenvalue weighted by Gasteiger charge is -2.36. The molecule has 1 saturated carbocycles. The van der Waals surface area contributed by atoms with Gasteiger partial charge in [0.2, 0.25) is 0 Å². The SMILES string of the molecule is CCOCc1ccccc1CNCC1(CO)CCCCC1. The van der Waals surface area contributed by atoms with Crippen LogP contribution in [0.1, 0.15) is 50.2 Å². The van der Waals surface area contributed by atoms with Gasteiger partial charge >= 0.3 is 0 Å². The number of rotatable bonds is 8. The van der Waals surface area contributed by atoms with Gasteiger partial charge in [-0.25, -0.2) is 0 Å². The summed E-state index contributed by atoms with van der Waals surface area (Å²) in [5, 5.41) is 13.3. The van der Waals surface area contributed by atoms with E-state index < -0.39 is 0 Å². The number of nitrogens with one attached hydrogen (secondary N) is 1. The highest BCUT2D eigenvalue weighted by atomic mass is 16.5. The highest BCUT2D eigenvalue weighted by Crippen LogP contribution is 2.35. The van der Waals surface area contributed by atoms with Crippen LogP contribution in [-0.2, 0) is 17.9 Å². The van der Waals surface area contributed by atoms with Gasteiger partial charge in [-0.2, -0.15) is 0 Å². The quantitative estimate of drug-likeness (QED) is 0.772. The van der Waals surface area contributed by atoms with Crippen molar-refractivity contribution in [1.29, 1.82) is 0 Å². The van der Waals surface area contributed by atoms with Gasteiger partial charge in [0.05, 0.1) is 6.61 Å². The van der Waals surface area contributed by atoms with Gasteiger partial charge in [-0.15, -0.1) is 0 Å². The van der Waals surface area contributed by atoms with Gasteiger partial charge in [-0.1, -0.05) is 43.5 Å². The van der Waals surface area contributed by atoms with E-state index in [9.17, 15) is 5.11 Å². The molecule has 21 heavy (non-hydrogen) atoms. The molecule has 1 fully saturated rings. The molecule has 1 aromatic carbocycles. The van der Waals surface area contributed by atoms with Crippen molar-refractivity contribution in [3.63, 3.8) is 0 Å². The van der Waals surface area contributed by atoms with Crippen LogP contribution >= 0.6 is 0 Å². The van der Waals surface area contributed by atoms with E-state index in [0.29, 0.717) is 13.2 Å². The van der Waals surface area contributed by atoms with Crippen LogP contribution in [0.2, 0.25) is 0 Å². The van der Waals surface area contributed by atoms with Crippen molar-refractivity contribution in [1.82, 2.24) is 5.32 Å². The van der Waals surface area contributed by atoms with Gasteiger partial charge < -0.3 is 15.2 Å². The monoisotopic (exact) mass is 291 g/mol. The number of aliphatic hydroxyl groups is 1. The summed E-state index contributed by atoms with van der Waals surface area (Å²) in [6.45, 7) is 5.52. The number of benzene rings is 1. The second-order valence-electron chi connectivity index (χ2n) is 6.23. The predicted octanol–water partition coefficient (Wildman–Crippen LogP) is 3.26. The van der Waals surface area contributed by atoms with E-state index in [-0.39, 0.29) is 5.41 Å². The molecule has 0 amide bonds. The fraction of sp³-hybridized carbons (Fsp3) is 0.667. The van der Waals surface area contributed by atoms with E-state index in [1.54, 1.807) is 0 Å². The number of hydrogen-bond donors (Lipinski definition) is 2. The highest BCUT2D eigenvalue weighted by Gasteiger charge is 2.30. The van der Waals surface area contributed by atoms with Crippen molar-refractivity contribution in [3.05, 3.63) is 35.4 Å². The molecule has 0 unspecified atom stereocenters. The fourth-order valence-corrected chi connectivity index (χ4v) is 3.24. The molecule has 2 rings (SSSR count). The minimum Gasteiger partial charge on any atom is -0.396 e. The molecule has 0 bridgehead atoms. The van der Waals surface area contributed by atoms with E-state index in [4.69, 9.17) is 4.74 Å². The number of aliphatic hydroxyl groups excluding tert-OH is 1. The maximum Gasteiger partial charge on any atom is 0.0719 e. The molecule has 0 heterocycles. The summed E-state index contributed by atoms with van der Waals surface area (Å²) in [6, 6.07) is 8.44. The van der Waals surface area contributed by atoms with Crippen LogP contribution in [0.25, 0.3) is 0 Å². The second kappa shape index (κ2) is 8.52. The van der Waals surface area contributed by atoms with Gasteiger partial charge in [0.1, 0.15) is 0 Å². The third-order valence-corrected chi connectivity index (χ3v) is 4.65. The molecule has 0 saturated heterocycles. The molecule has 2 N–H and O–H groups in total. The Balaban J connectivity index is 1.87. The Morgan fingerprint density at radius 3 is 2.52 bits per heavy atom. The highest BCUT2D eigenvalue weighted by molar-refractivity contribution is 5.26. The molecular weight excluding hydrogens is 262 g/mol. The minimum atomic E-state index is 0.104. The van der Waals surface area contributed by atoms with Crippen LogP contribution in [0.5, 0.6) is 0 Å². The van der Waals surface area contributed by atoms with Crippen molar-refractivity contribution in [3.8, 4) is 0 Å². The fourth-order valence-electron chi connectivity index (χ4n) is 3.24. The zero-order valence-electron chi connectivity index (χ0n) is 13.2. The molecular formula is C18H29NO2. The van der Waals surface area contributed by atoms with E-state index in [1.807, 2.05) is 6.92 Å². The summed E-state index contributed by atoms with van der Waals surface area (Å²) in [5.41, 5.74) is 2.66. The van der Waals surface area contributed by atoms with E-state index in [0.717, 1.165) is 32.5 Å². The van der Waals surface area contributed by atoms with E-state index >= 15 is 0 Å². The second-order valence-corrected chi connectivity index (χ2v) is 6.23. The molecule has 1 aliphatic carbocycles. The number of ether oxygens (including phenoxy) is 1. The molecule has 3 nitrogen and oxygen atoms in total. The van der Waals surface area contributed by atoms with Crippen LogP contribution < -0.4 is 5.32 Å². The maximum absolute atomic E-state index is 9.75. The van der Waals surface area contributed by atoms with Crippen molar-refractivity contribution in [2.75, 3.05) is 19.8 Å². The first-order valence-corrected chi connectivity index (χ1v) is 8.26. The van der Waals surface area contributed by atoms with Crippen LogP contribution in [-0.4, -0.2) is 24.9 Å². The Morgan fingerprint density at radius 2 is 1.86 bits per heavy atom. The average molecular weight is 291 g/mol. The zero-order chi connectivity index (χ0) is 15.0. The maximum atomic E-state index is 9.75. The Kier molecular flexibility index (Phi) is 6.68. The Hall–Kier alpha value is -0.900. The molecule has 1 aliphatic rings. The lowest BCUT2D eigenvalue weighted by molar-refractivity contribution is 0.0809. The average Bonchev–Trinajstić information content (AvgIpc) is 2.55. The first kappa shape index (κ1) is 16.5. The van der Waals surface area contributed by atoms with Gasteiger partial charge in [0.15, 0.2) is 0 Å². The summed E-state index contributed by atoms with van der Waals surface area (Å²) in [5.74, 6) is 0. The zero-order valence-corrected chi connectivity index (χ0v) is 13.2. The molecule has 0 aliphatic heterocycles. The first-order valence-electron chi connectivity index (χ1n) is 8.26. The molecule has 0 radical (unpaired) electrons. The Morgan fingerprint density at radius 1 is 1.14 bits per heavy atom. The molecule has 0 atom stereocenters. The molecule has 1 aromatic rings. The summed E-state index contributed by atoms with van der Waals surface area (Å²) >= 11 is 0. The summed E-state index contributed by atoms with van der Waals surface area (Å²) < 4.78 is 5.53. The first-order chi connectivity index (χ1) is 10.3. The van der Waals surface area contributed by atoms with Crippen molar-refractivity contribution < 1.29 is 9.84 Å². The van der Waals surface area contributed by atoms with Gasteiger partial charge in [-0.3, -0.25) is 0 Å². The number of hydrogen-bond acceptors (Lipinski definition) is 3. The third kappa shape index (κ3) is 4.80. The summed E-state index contributed by atoms with van der Waals surface area (Å²) in [7, 11) is 0. The standard InChI is InChI=1S/C18H29NO2/c1-2-21-13-17-9-5-4-8-16(17)12-19-14-18(15-20)10-6-3-7-11-18/h4-5,8-9,19-20H,2-3,6-7,10-15H2,1H3. The van der Waals surface area contributed by atoms with Crippen LogP contribution in [0.15, 0.2) is 24.3 Å². The molecule has 0 spiro atoms.